The van der Waals surface area contributed by atoms with E-state index >= 15 is 0 Å². The molecule has 8 aromatic carbocycles. The molecule has 5 heteroatoms. The lowest BCUT2D eigenvalue weighted by atomic mass is 9.96. The molecule has 252 valence electrons. The van der Waals surface area contributed by atoms with Crippen molar-refractivity contribution in [2.75, 3.05) is 0 Å². The minimum atomic E-state index is -0.498. The van der Waals surface area contributed by atoms with Crippen molar-refractivity contribution in [3.8, 4) is 51.0 Å². The van der Waals surface area contributed by atoms with E-state index in [9.17, 15) is 0 Å². The second-order valence-electron chi connectivity index (χ2n) is 13.0. The first-order valence-corrected chi connectivity index (χ1v) is 17.5. The predicted molar refractivity (Wildman–Crippen MR) is 221 cm³/mol. The normalized spacial score (nSPS) is 13.8. The summed E-state index contributed by atoms with van der Waals surface area (Å²) in [7, 11) is 0. The number of fused-ring (bicyclic) bond motifs is 7. The number of furan rings is 1. The zero-order valence-corrected chi connectivity index (χ0v) is 28.4. The summed E-state index contributed by atoms with van der Waals surface area (Å²) in [6.45, 7) is 0. The molecule has 11 aromatic rings. The Labute approximate surface area is 321 Å². The van der Waals surface area contributed by atoms with E-state index in [0.717, 1.165) is 32.8 Å². The van der Waals surface area contributed by atoms with Crippen LogP contribution in [0.1, 0.15) is 11.0 Å². The summed E-state index contributed by atoms with van der Waals surface area (Å²) in [6, 6.07) is 39.4. The monoisotopic (exact) mass is 698 g/mol. The van der Waals surface area contributed by atoms with Crippen molar-refractivity contribution in [3.05, 3.63) is 182 Å². The summed E-state index contributed by atoms with van der Waals surface area (Å²) in [4.78, 5) is 14.7. The van der Waals surface area contributed by atoms with Crippen LogP contribution in [0, 0.1) is 0 Å². The van der Waals surface area contributed by atoms with Crippen molar-refractivity contribution >= 4 is 54.5 Å². The molecule has 0 spiro atoms. The second-order valence-corrected chi connectivity index (χ2v) is 13.0. The van der Waals surface area contributed by atoms with Gasteiger partial charge < -0.3 is 8.98 Å². The first-order valence-electron chi connectivity index (χ1n) is 21.5. The van der Waals surface area contributed by atoms with Gasteiger partial charge in [-0.25, -0.2) is 15.0 Å². The quantitative estimate of drug-likeness (QED) is 0.180. The summed E-state index contributed by atoms with van der Waals surface area (Å²) in [6.07, 6.45) is 0. The van der Waals surface area contributed by atoms with Crippen LogP contribution in [0.25, 0.3) is 105 Å². The van der Waals surface area contributed by atoms with Crippen LogP contribution in [0.15, 0.2) is 186 Å². The van der Waals surface area contributed by atoms with Gasteiger partial charge in [0, 0.05) is 49.5 Å². The maximum atomic E-state index is 9.17. The van der Waals surface area contributed by atoms with Crippen LogP contribution in [0.5, 0.6) is 0 Å². The Hall–Kier alpha value is -7.37. The van der Waals surface area contributed by atoms with Gasteiger partial charge in [0.25, 0.3) is 0 Å². The lowest BCUT2D eigenvalue weighted by Gasteiger charge is -2.13. The highest BCUT2D eigenvalue weighted by atomic mass is 16.3. The number of para-hydroxylation sites is 2. The van der Waals surface area contributed by atoms with E-state index in [1.54, 1.807) is 4.57 Å². The minimum Gasteiger partial charge on any atom is -0.455 e. The molecule has 0 fully saturated rings. The van der Waals surface area contributed by atoms with Crippen molar-refractivity contribution < 1.29 is 15.4 Å². The molecule has 5 nitrogen and oxygen atoms in total. The molecule has 54 heavy (non-hydrogen) atoms. The zero-order valence-electron chi connectivity index (χ0n) is 36.4. The van der Waals surface area contributed by atoms with Crippen LogP contribution in [-0.2, 0) is 0 Å². The van der Waals surface area contributed by atoms with Gasteiger partial charge in [-0.2, -0.15) is 0 Å². The van der Waals surface area contributed by atoms with Gasteiger partial charge >= 0.3 is 0 Å². The van der Waals surface area contributed by atoms with Crippen molar-refractivity contribution in [1.82, 2.24) is 19.5 Å². The highest BCUT2D eigenvalue weighted by molar-refractivity contribution is 6.15. The average Bonchev–Trinajstić information content (AvgIpc) is 3.88. The highest BCUT2D eigenvalue weighted by Gasteiger charge is 2.20. The molecule has 11 rings (SSSR count). The van der Waals surface area contributed by atoms with Gasteiger partial charge in [0.1, 0.15) is 11.2 Å². The van der Waals surface area contributed by atoms with Gasteiger partial charge in [-0.1, -0.05) is 145 Å². The van der Waals surface area contributed by atoms with Crippen molar-refractivity contribution in [3.63, 3.8) is 0 Å². The maximum Gasteiger partial charge on any atom is 0.164 e. The van der Waals surface area contributed by atoms with Crippen molar-refractivity contribution in [1.29, 1.82) is 0 Å². The van der Waals surface area contributed by atoms with E-state index in [-0.39, 0.29) is 33.9 Å². The van der Waals surface area contributed by atoms with Gasteiger partial charge in [-0.05, 0) is 52.7 Å². The Morgan fingerprint density at radius 1 is 0.444 bits per heavy atom. The van der Waals surface area contributed by atoms with Crippen LogP contribution < -0.4 is 0 Å². The van der Waals surface area contributed by atoms with Crippen LogP contribution in [0.3, 0.4) is 0 Å². The third kappa shape index (κ3) is 4.83. The Balaban J connectivity index is 1.23. The number of benzene rings is 8. The molecule has 0 aliphatic carbocycles. The molecule has 0 aliphatic heterocycles. The van der Waals surface area contributed by atoms with E-state index < -0.39 is 36.3 Å². The molecule has 3 aromatic heterocycles. The van der Waals surface area contributed by atoms with E-state index in [2.05, 4.69) is 0 Å². The molecule has 0 saturated carbocycles. The maximum absolute atomic E-state index is 9.17. The standard InChI is InChI=1S/C49H30N4O/c1-3-15-32(16-4-1)47-50-48(33-17-5-2-6-18-33)52-49(51-47)34-26-27-40-42-30-35(53-43-24-11-9-21-38(43)39-22-10-12-25-44(39)53)29-41(46(42)54-45(40)28-34)37-23-13-19-31-14-7-8-20-36(31)37/h1-30H/i9D,10D,11D,12D,21D,22D,24D,25D. The lowest BCUT2D eigenvalue weighted by molar-refractivity contribution is 0.670. The number of hydrogen-bond acceptors (Lipinski definition) is 4. The van der Waals surface area contributed by atoms with E-state index in [1.807, 2.05) is 133 Å². The summed E-state index contributed by atoms with van der Waals surface area (Å²) < 4.78 is 79.2. The molecule has 0 atom stereocenters. The van der Waals surface area contributed by atoms with Crippen LogP contribution >= 0.6 is 0 Å². The van der Waals surface area contributed by atoms with Crippen molar-refractivity contribution in [2.45, 2.75) is 0 Å². The van der Waals surface area contributed by atoms with Crippen molar-refractivity contribution in [2.24, 2.45) is 0 Å². The smallest absolute Gasteiger partial charge is 0.164 e. The Morgan fingerprint density at radius 3 is 1.72 bits per heavy atom. The third-order valence-corrected chi connectivity index (χ3v) is 9.89. The molecule has 3 heterocycles. The molecular formula is C49H30N4O. The first kappa shape index (κ1) is 23.2. The van der Waals surface area contributed by atoms with Gasteiger partial charge in [0.2, 0.25) is 0 Å². The summed E-state index contributed by atoms with van der Waals surface area (Å²) in [5.74, 6) is 1.48. The zero-order chi connectivity index (χ0) is 42.6. The van der Waals surface area contributed by atoms with Gasteiger partial charge in [-0.3, -0.25) is 0 Å². The number of rotatable bonds is 5. The molecule has 0 amide bonds. The van der Waals surface area contributed by atoms with E-state index in [0.29, 0.717) is 50.8 Å². The summed E-state index contributed by atoms with van der Waals surface area (Å²) >= 11 is 0. The Kier molecular flexibility index (Phi) is 5.21. The summed E-state index contributed by atoms with van der Waals surface area (Å²) in [5.41, 5.74) is 5.43. The highest BCUT2D eigenvalue weighted by Crippen LogP contribution is 2.43. The van der Waals surface area contributed by atoms with E-state index in [4.69, 9.17) is 30.3 Å². The van der Waals surface area contributed by atoms with Crippen LogP contribution in [0.4, 0.5) is 0 Å². The second kappa shape index (κ2) is 12.1. The molecule has 0 unspecified atom stereocenters. The fourth-order valence-corrected chi connectivity index (χ4v) is 7.41. The molecule has 0 radical (unpaired) electrons. The third-order valence-electron chi connectivity index (χ3n) is 9.89. The number of aromatic nitrogens is 4. The SMILES string of the molecule is [2H]c1c([2H])c([2H])c2c(c1[2H])c1c([2H])c([2H])c([2H])c([2H])c1n2-c1cc(-c2cccc3ccccc23)c2oc3cc(-c4nc(-c5ccccc5)nc(-c5ccccc5)n4)ccc3c2c1. The number of nitrogens with zero attached hydrogens (tertiary/aromatic N) is 4. The Bertz CT molecular complexity index is 3540. The van der Waals surface area contributed by atoms with Gasteiger partial charge in [-0.15, -0.1) is 0 Å². The molecule has 0 N–H and O–H groups in total. The van der Waals surface area contributed by atoms with Crippen LogP contribution in [-0.4, -0.2) is 19.5 Å². The topological polar surface area (TPSA) is 56.7 Å². The average molecular weight is 699 g/mol. The van der Waals surface area contributed by atoms with E-state index in [1.165, 1.54) is 0 Å². The van der Waals surface area contributed by atoms with Gasteiger partial charge in [0.15, 0.2) is 17.5 Å². The molecule has 0 aliphatic rings. The minimum absolute atomic E-state index is 0.00796. The fourth-order valence-electron chi connectivity index (χ4n) is 7.41. The van der Waals surface area contributed by atoms with Gasteiger partial charge in [0.05, 0.1) is 22.0 Å². The first-order chi connectivity index (χ1) is 30.1. The molecular weight excluding hydrogens is 661 g/mol. The largest absolute Gasteiger partial charge is 0.455 e. The lowest BCUT2D eigenvalue weighted by Crippen LogP contribution is -2.00. The fraction of sp³-hybridized carbons (Fsp3) is 0. The number of hydrogen-bond donors (Lipinski definition) is 0. The summed E-state index contributed by atoms with van der Waals surface area (Å²) in [5, 5.41) is 3.35. The Morgan fingerprint density at radius 2 is 1.04 bits per heavy atom. The molecule has 0 bridgehead atoms. The predicted octanol–water partition coefficient (Wildman–Crippen LogP) is 12.7. The van der Waals surface area contributed by atoms with Crippen LogP contribution in [0.2, 0.25) is 0 Å². The molecule has 0 saturated heterocycles.